The van der Waals surface area contributed by atoms with Gasteiger partial charge in [0.05, 0.1) is 34.2 Å². The second kappa shape index (κ2) is 7.11. The lowest BCUT2D eigenvalue weighted by molar-refractivity contribution is -0.383. The van der Waals surface area contributed by atoms with Gasteiger partial charge >= 0.3 is 5.97 Å². The first-order chi connectivity index (χ1) is 12.5. The van der Waals surface area contributed by atoms with Crippen LogP contribution in [0.1, 0.15) is 32.6 Å². The number of nitrogens with zero attached hydrogens (tertiary/aromatic N) is 2. The number of benzene rings is 1. The Morgan fingerprint density at radius 1 is 1.42 bits per heavy atom. The Morgan fingerprint density at radius 2 is 2.15 bits per heavy atom. The van der Waals surface area contributed by atoms with Gasteiger partial charge in [-0.1, -0.05) is 12.8 Å². The number of aromatic amines is 1. The predicted molar refractivity (Wildman–Crippen MR) is 95.0 cm³/mol. The quantitative estimate of drug-likeness (QED) is 0.460. The molecule has 1 aromatic carbocycles. The average molecular weight is 360 g/mol. The Morgan fingerprint density at radius 3 is 2.81 bits per heavy atom. The third-order valence-electron chi connectivity index (χ3n) is 4.84. The first-order valence-electron chi connectivity index (χ1n) is 8.54. The third-order valence-corrected chi connectivity index (χ3v) is 4.84. The standard InChI is InChI=1S/C17H20N4O5/c1-2-26-16(23)17(5-3-4-6-17)9-18-13-8-12-11(7-14(13)21(24)25)15(22)20-10-19-12/h7-8,10,18H,2-6,9H2,1H3,(H,19,20,22). The molecular formula is C17H20N4O5. The number of anilines is 1. The van der Waals surface area contributed by atoms with E-state index in [1.54, 1.807) is 6.92 Å². The zero-order valence-corrected chi connectivity index (χ0v) is 14.4. The zero-order chi connectivity index (χ0) is 18.7. The summed E-state index contributed by atoms with van der Waals surface area (Å²) in [6.07, 6.45) is 4.43. The number of ether oxygens (including phenoxy) is 1. The van der Waals surface area contributed by atoms with Crippen LogP contribution in [-0.2, 0) is 9.53 Å². The lowest BCUT2D eigenvalue weighted by Gasteiger charge is -2.27. The number of H-pyrrole nitrogens is 1. The van der Waals surface area contributed by atoms with Crippen LogP contribution in [0.5, 0.6) is 0 Å². The summed E-state index contributed by atoms with van der Waals surface area (Å²) < 4.78 is 5.21. The summed E-state index contributed by atoms with van der Waals surface area (Å²) >= 11 is 0. The fraction of sp³-hybridized carbons (Fsp3) is 0.471. The minimum absolute atomic E-state index is 0.144. The normalized spacial score (nSPS) is 15.7. The highest BCUT2D eigenvalue weighted by Gasteiger charge is 2.42. The van der Waals surface area contributed by atoms with Crippen molar-refractivity contribution in [1.82, 2.24) is 9.97 Å². The van der Waals surface area contributed by atoms with Crippen molar-refractivity contribution >= 4 is 28.2 Å². The molecule has 1 aliphatic rings. The van der Waals surface area contributed by atoms with E-state index in [0.717, 1.165) is 12.8 Å². The van der Waals surface area contributed by atoms with Crippen LogP contribution >= 0.6 is 0 Å². The highest BCUT2D eigenvalue weighted by Crippen LogP contribution is 2.40. The Kier molecular flexibility index (Phi) is 4.88. The third kappa shape index (κ3) is 3.24. The maximum absolute atomic E-state index is 12.4. The van der Waals surface area contributed by atoms with Crippen LogP contribution in [0.2, 0.25) is 0 Å². The molecular weight excluding hydrogens is 340 g/mol. The predicted octanol–water partition coefficient (Wildman–Crippen LogP) is 2.37. The van der Waals surface area contributed by atoms with Crippen molar-refractivity contribution in [2.24, 2.45) is 5.41 Å². The number of carbonyl (C=O) groups is 1. The van der Waals surface area contributed by atoms with Crippen molar-refractivity contribution in [3.8, 4) is 0 Å². The van der Waals surface area contributed by atoms with Crippen molar-refractivity contribution in [3.05, 3.63) is 38.9 Å². The van der Waals surface area contributed by atoms with Crippen molar-refractivity contribution in [1.29, 1.82) is 0 Å². The van der Waals surface area contributed by atoms with Gasteiger partial charge in [-0.2, -0.15) is 0 Å². The highest BCUT2D eigenvalue weighted by molar-refractivity contribution is 5.87. The molecule has 0 aliphatic heterocycles. The molecule has 0 unspecified atom stereocenters. The smallest absolute Gasteiger partial charge is 0.313 e. The van der Waals surface area contributed by atoms with E-state index in [2.05, 4.69) is 15.3 Å². The Hall–Kier alpha value is -2.97. The van der Waals surface area contributed by atoms with Gasteiger partial charge in [-0.25, -0.2) is 4.98 Å². The molecule has 0 bridgehead atoms. The number of nitro groups is 1. The number of hydrogen-bond acceptors (Lipinski definition) is 7. The van der Waals surface area contributed by atoms with Gasteiger partial charge in [-0.15, -0.1) is 0 Å². The fourth-order valence-corrected chi connectivity index (χ4v) is 3.45. The Labute approximate surface area is 148 Å². The first-order valence-corrected chi connectivity index (χ1v) is 8.54. The first kappa shape index (κ1) is 17.8. The number of rotatable bonds is 6. The summed E-state index contributed by atoms with van der Waals surface area (Å²) in [5, 5.41) is 14.6. The topological polar surface area (TPSA) is 127 Å². The van der Waals surface area contributed by atoms with Gasteiger partial charge in [0.2, 0.25) is 0 Å². The van der Waals surface area contributed by atoms with E-state index in [-0.39, 0.29) is 29.3 Å². The van der Waals surface area contributed by atoms with Gasteiger partial charge in [-0.05, 0) is 25.8 Å². The highest BCUT2D eigenvalue weighted by atomic mass is 16.6. The fourth-order valence-electron chi connectivity index (χ4n) is 3.45. The van der Waals surface area contributed by atoms with E-state index >= 15 is 0 Å². The molecule has 1 aromatic heterocycles. The van der Waals surface area contributed by atoms with Gasteiger partial charge < -0.3 is 15.0 Å². The number of nitro benzene ring substituents is 1. The van der Waals surface area contributed by atoms with E-state index in [4.69, 9.17) is 4.74 Å². The molecule has 0 saturated heterocycles. The van der Waals surface area contributed by atoms with Gasteiger partial charge in [0.1, 0.15) is 5.69 Å². The van der Waals surface area contributed by atoms with E-state index in [9.17, 15) is 19.7 Å². The van der Waals surface area contributed by atoms with Crippen molar-refractivity contribution in [2.75, 3.05) is 18.5 Å². The van der Waals surface area contributed by atoms with E-state index in [1.807, 2.05) is 0 Å². The molecule has 2 N–H and O–H groups in total. The summed E-state index contributed by atoms with van der Waals surface area (Å²) in [4.78, 5) is 41.6. The lowest BCUT2D eigenvalue weighted by Crippen LogP contribution is -2.37. The summed E-state index contributed by atoms with van der Waals surface area (Å²) in [5.74, 6) is -0.275. The van der Waals surface area contributed by atoms with E-state index in [0.29, 0.717) is 25.0 Å². The number of nitrogens with one attached hydrogen (secondary N) is 2. The Balaban J connectivity index is 1.94. The molecule has 0 radical (unpaired) electrons. The molecule has 9 heteroatoms. The van der Waals surface area contributed by atoms with Crippen LogP contribution in [0, 0.1) is 15.5 Å². The Bertz CT molecular complexity index is 902. The minimum atomic E-state index is -0.680. The zero-order valence-electron chi connectivity index (χ0n) is 14.4. The lowest BCUT2D eigenvalue weighted by atomic mass is 9.86. The molecule has 2 aromatic rings. The van der Waals surface area contributed by atoms with Crippen molar-refractivity contribution in [3.63, 3.8) is 0 Å². The number of hydrogen-bond donors (Lipinski definition) is 2. The summed E-state index contributed by atoms with van der Waals surface area (Å²) in [7, 11) is 0. The van der Waals surface area contributed by atoms with Gasteiger partial charge in [0.15, 0.2) is 0 Å². The molecule has 1 heterocycles. The second-order valence-corrected chi connectivity index (χ2v) is 6.44. The van der Waals surface area contributed by atoms with Crippen LogP contribution in [-0.4, -0.2) is 34.0 Å². The largest absolute Gasteiger partial charge is 0.466 e. The van der Waals surface area contributed by atoms with Gasteiger partial charge in [-0.3, -0.25) is 19.7 Å². The van der Waals surface area contributed by atoms with Crippen LogP contribution in [0.25, 0.3) is 10.9 Å². The van der Waals surface area contributed by atoms with Gasteiger partial charge in [0, 0.05) is 12.6 Å². The van der Waals surface area contributed by atoms with Crippen LogP contribution in [0.4, 0.5) is 11.4 Å². The SMILES string of the molecule is CCOC(=O)C1(CNc2cc3nc[nH]c(=O)c3cc2[N+](=O)[O-])CCCC1. The van der Waals surface area contributed by atoms with Crippen molar-refractivity contribution in [2.45, 2.75) is 32.6 Å². The molecule has 3 rings (SSSR count). The summed E-state index contributed by atoms with van der Waals surface area (Å²) in [6, 6.07) is 2.67. The minimum Gasteiger partial charge on any atom is -0.466 e. The number of carbonyl (C=O) groups excluding carboxylic acids is 1. The maximum atomic E-state index is 12.4. The summed E-state index contributed by atoms with van der Waals surface area (Å²) in [6.45, 7) is 2.29. The number of fused-ring (bicyclic) bond motifs is 1. The maximum Gasteiger partial charge on any atom is 0.313 e. The van der Waals surface area contributed by atoms with Crippen LogP contribution in [0.3, 0.4) is 0 Å². The second-order valence-electron chi connectivity index (χ2n) is 6.44. The van der Waals surface area contributed by atoms with Crippen LogP contribution < -0.4 is 10.9 Å². The molecule has 0 atom stereocenters. The molecule has 1 fully saturated rings. The molecule has 1 aliphatic carbocycles. The molecule has 9 nitrogen and oxygen atoms in total. The molecule has 0 spiro atoms. The molecule has 26 heavy (non-hydrogen) atoms. The van der Waals surface area contributed by atoms with Crippen molar-refractivity contribution < 1.29 is 14.5 Å². The molecule has 1 saturated carbocycles. The van der Waals surface area contributed by atoms with Crippen LogP contribution in [0.15, 0.2) is 23.3 Å². The molecule has 138 valence electrons. The number of esters is 1. The van der Waals surface area contributed by atoms with E-state index < -0.39 is 15.9 Å². The van der Waals surface area contributed by atoms with Gasteiger partial charge in [0.25, 0.3) is 11.2 Å². The average Bonchev–Trinajstić information content (AvgIpc) is 3.10. The summed E-state index contributed by atoms with van der Waals surface area (Å²) in [5.41, 5.74) is -0.772. The molecule has 0 amide bonds. The van der Waals surface area contributed by atoms with E-state index in [1.165, 1.54) is 18.5 Å². The monoisotopic (exact) mass is 360 g/mol. The number of aromatic nitrogens is 2.